The Balaban J connectivity index is 2.31. The van der Waals surface area contributed by atoms with E-state index < -0.39 is 0 Å². The molecule has 0 saturated carbocycles. The number of ether oxygens (including phenoxy) is 1. The first-order valence-corrected chi connectivity index (χ1v) is 5.97. The van der Waals surface area contributed by atoms with Crippen molar-refractivity contribution in [2.24, 2.45) is 0 Å². The van der Waals surface area contributed by atoms with E-state index in [-0.39, 0.29) is 0 Å². The van der Waals surface area contributed by atoms with E-state index in [1.807, 2.05) is 24.3 Å². The summed E-state index contributed by atoms with van der Waals surface area (Å²) < 4.78 is 6.91. The highest BCUT2D eigenvalue weighted by Crippen LogP contribution is 2.25. The van der Waals surface area contributed by atoms with Gasteiger partial charge in [0, 0.05) is 0 Å². The van der Waals surface area contributed by atoms with Crippen LogP contribution in [0.1, 0.15) is 5.82 Å². The maximum Gasteiger partial charge on any atom is 0.188 e. The fourth-order valence-corrected chi connectivity index (χ4v) is 2.10. The number of nitrogens with zero attached hydrogens (tertiary/aromatic N) is 5. The summed E-state index contributed by atoms with van der Waals surface area (Å²) >= 11 is 6.04. The van der Waals surface area contributed by atoms with Crippen LogP contribution in [0.15, 0.2) is 24.3 Å². The Morgan fingerprint density at radius 2 is 2.00 bits per heavy atom. The van der Waals surface area contributed by atoms with E-state index in [4.69, 9.17) is 16.3 Å². The van der Waals surface area contributed by atoms with Crippen molar-refractivity contribution >= 4 is 22.8 Å². The van der Waals surface area contributed by atoms with Crippen molar-refractivity contribution in [3.8, 4) is 11.4 Å². The fraction of sp³-hybridized carbons (Fsp3) is 0.167. The van der Waals surface area contributed by atoms with Crippen LogP contribution < -0.4 is 4.74 Å². The first-order chi connectivity index (χ1) is 9.20. The maximum absolute atomic E-state index is 6.04. The van der Waals surface area contributed by atoms with E-state index in [0.29, 0.717) is 27.9 Å². The number of methoxy groups -OCH3 is 1. The van der Waals surface area contributed by atoms with E-state index in [9.17, 15) is 0 Å². The summed E-state index contributed by atoms with van der Waals surface area (Å²) in [6.45, 7) is 1.77. The molecule has 0 saturated heterocycles. The average molecular weight is 276 g/mol. The standard InChI is InChI=1S/C12H10ClN5O/c1-7-14-11(13)10-12(15-7)18(17-16-10)8-5-3-4-6-9(8)19-2/h3-6H,1-2H3. The topological polar surface area (TPSA) is 65.7 Å². The summed E-state index contributed by atoms with van der Waals surface area (Å²) in [6, 6.07) is 7.49. The SMILES string of the molecule is COc1ccccc1-n1nnc2c(Cl)nc(C)nc21. The molecule has 7 heteroatoms. The monoisotopic (exact) mass is 275 g/mol. The minimum atomic E-state index is 0.295. The minimum Gasteiger partial charge on any atom is -0.494 e. The molecule has 3 aromatic rings. The molecule has 2 aromatic heterocycles. The summed E-state index contributed by atoms with van der Waals surface area (Å²) in [5.41, 5.74) is 1.78. The second-order valence-electron chi connectivity index (χ2n) is 3.91. The fourth-order valence-electron chi connectivity index (χ4n) is 1.85. The predicted octanol–water partition coefficient (Wildman–Crippen LogP) is 2.18. The number of rotatable bonds is 2. The number of benzene rings is 1. The molecule has 0 atom stereocenters. The van der Waals surface area contributed by atoms with Crippen LogP contribution >= 0.6 is 11.6 Å². The van der Waals surface area contributed by atoms with E-state index >= 15 is 0 Å². The number of hydrogen-bond acceptors (Lipinski definition) is 5. The molecule has 0 radical (unpaired) electrons. The number of aryl methyl sites for hydroxylation is 1. The molecular weight excluding hydrogens is 266 g/mol. The lowest BCUT2D eigenvalue weighted by Gasteiger charge is -2.07. The van der Waals surface area contributed by atoms with Crippen molar-refractivity contribution in [1.82, 2.24) is 25.0 Å². The van der Waals surface area contributed by atoms with Gasteiger partial charge in [0.2, 0.25) is 0 Å². The van der Waals surface area contributed by atoms with Crippen LogP contribution in [0.3, 0.4) is 0 Å². The highest BCUT2D eigenvalue weighted by atomic mass is 35.5. The van der Waals surface area contributed by atoms with Crippen molar-refractivity contribution in [2.75, 3.05) is 7.11 Å². The van der Waals surface area contributed by atoms with Gasteiger partial charge in [-0.05, 0) is 19.1 Å². The van der Waals surface area contributed by atoms with Crippen molar-refractivity contribution in [1.29, 1.82) is 0 Å². The Bertz CT molecular complexity index is 755. The zero-order valence-electron chi connectivity index (χ0n) is 10.3. The summed E-state index contributed by atoms with van der Waals surface area (Å²) in [4.78, 5) is 8.39. The second-order valence-corrected chi connectivity index (χ2v) is 4.26. The van der Waals surface area contributed by atoms with Gasteiger partial charge in [-0.15, -0.1) is 5.10 Å². The number of para-hydroxylation sites is 2. The van der Waals surface area contributed by atoms with Gasteiger partial charge in [0.25, 0.3) is 0 Å². The first kappa shape index (κ1) is 11.9. The summed E-state index contributed by atoms with van der Waals surface area (Å²) in [6.07, 6.45) is 0. The van der Waals surface area contributed by atoms with Crippen LogP contribution in [0.25, 0.3) is 16.9 Å². The first-order valence-electron chi connectivity index (χ1n) is 5.59. The molecule has 3 rings (SSSR count). The van der Waals surface area contributed by atoms with Gasteiger partial charge < -0.3 is 4.74 Å². The Morgan fingerprint density at radius 1 is 1.21 bits per heavy atom. The Hall–Kier alpha value is -2.21. The zero-order valence-corrected chi connectivity index (χ0v) is 11.1. The summed E-state index contributed by atoms with van der Waals surface area (Å²) in [5.74, 6) is 1.25. The third-order valence-electron chi connectivity index (χ3n) is 2.68. The lowest BCUT2D eigenvalue weighted by Crippen LogP contribution is -2.01. The van der Waals surface area contributed by atoms with E-state index in [1.165, 1.54) is 0 Å². The molecule has 0 unspecified atom stereocenters. The molecule has 0 aliphatic heterocycles. The van der Waals surface area contributed by atoms with Crippen LogP contribution in [0, 0.1) is 6.92 Å². The molecular formula is C12H10ClN5O. The molecule has 0 amide bonds. The Labute approximate surface area is 114 Å². The van der Waals surface area contributed by atoms with Crippen LogP contribution in [0.2, 0.25) is 5.15 Å². The van der Waals surface area contributed by atoms with Gasteiger partial charge >= 0.3 is 0 Å². The van der Waals surface area contributed by atoms with Crippen LogP contribution in [-0.4, -0.2) is 32.1 Å². The Morgan fingerprint density at radius 3 is 2.79 bits per heavy atom. The van der Waals surface area contributed by atoms with Crippen molar-refractivity contribution in [3.63, 3.8) is 0 Å². The van der Waals surface area contributed by atoms with Gasteiger partial charge in [-0.25, -0.2) is 9.97 Å². The predicted molar refractivity (Wildman–Crippen MR) is 70.8 cm³/mol. The lowest BCUT2D eigenvalue weighted by molar-refractivity contribution is 0.411. The smallest absolute Gasteiger partial charge is 0.188 e. The van der Waals surface area contributed by atoms with Crippen molar-refractivity contribution in [3.05, 3.63) is 35.2 Å². The van der Waals surface area contributed by atoms with Gasteiger partial charge in [0.15, 0.2) is 16.3 Å². The molecule has 6 nitrogen and oxygen atoms in total. The highest BCUT2D eigenvalue weighted by molar-refractivity contribution is 6.33. The summed E-state index contributed by atoms with van der Waals surface area (Å²) in [5, 5.41) is 8.38. The second kappa shape index (κ2) is 4.47. The van der Waals surface area contributed by atoms with E-state index in [0.717, 1.165) is 5.69 Å². The van der Waals surface area contributed by atoms with Crippen LogP contribution in [-0.2, 0) is 0 Å². The van der Waals surface area contributed by atoms with Gasteiger partial charge in [-0.1, -0.05) is 28.9 Å². The quantitative estimate of drug-likeness (QED) is 0.671. The molecule has 0 spiro atoms. The van der Waals surface area contributed by atoms with E-state index in [1.54, 1.807) is 18.7 Å². The molecule has 1 aromatic carbocycles. The largest absolute Gasteiger partial charge is 0.494 e. The molecule has 0 N–H and O–H groups in total. The normalized spacial score (nSPS) is 10.9. The Kier molecular flexibility index (Phi) is 2.79. The molecule has 0 fully saturated rings. The molecule has 19 heavy (non-hydrogen) atoms. The van der Waals surface area contributed by atoms with Gasteiger partial charge in [-0.3, -0.25) is 0 Å². The zero-order chi connectivity index (χ0) is 13.4. The number of halogens is 1. The third kappa shape index (κ3) is 1.90. The number of fused-ring (bicyclic) bond motifs is 1. The van der Waals surface area contributed by atoms with Crippen LogP contribution in [0.4, 0.5) is 0 Å². The van der Waals surface area contributed by atoms with Gasteiger partial charge in [0.1, 0.15) is 17.3 Å². The van der Waals surface area contributed by atoms with Crippen molar-refractivity contribution < 1.29 is 4.74 Å². The van der Waals surface area contributed by atoms with E-state index in [2.05, 4.69) is 20.3 Å². The third-order valence-corrected chi connectivity index (χ3v) is 2.95. The van der Waals surface area contributed by atoms with Gasteiger partial charge in [-0.2, -0.15) is 4.68 Å². The maximum atomic E-state index is 6.04. The highest BCUT2D eigenvalue weighted by Gasteiger charge is 2.15. The van der Waals surface area contributed by atoms with Crippen molar-refractivity contribution in [2.45, 2.75) is 6.92 Å². The van der Waals surface area contributed by atoms with Gasteiger partial charge in [0.05, 0.1) is 7.11 Å². The molecule has 0 bridgehead atoms. The van der Waals surface area contributed by atoms with Crippen LogP contribution in [0.5, 0.6) is 5.75 Å². The molecule has 96 valence electrons. The molecule has 2 heterocycles. The average Bonchev–Trinajstić information content (AvgIpc) is 2.82. The number of aromatic nitrogens is 5. The summed E-state index contributed by atoms with van der Waals surface area (Å²) in [7, 11) is 1.60. The number of hydrogen-bond donors (Lipinski definition) is 0. The molecule has 0 aliphatic rings. The lowest BCUT2D eigenvalue weighted by atomic mass is 10.3. The molecule has 0 aliphatic carbocycles. The minimum absolute atomic E-state index is 0.295.